The number of thiazole rings is 1. The van der Waals surface area contributed by atoms with Gasteiger partial charge >= 0.3 is 0 Å². The van der Waals surface area contributed by atoms with Crippen LogP contribution in [0.2, 0.25) is 0 Å². The van der Waals surface area contributed by atoms with Gasteiger partial charge in [-0.05, 0) is 6.54 Å². The van der Waals surface area contributed by atoms with Gasteiger partial charge in [-0.2, -0.15) is 0 Å². The van der Waals surface area contributed by atoms with E-state index in [2.05, 4.69) is 27.1 Å². The molecule has 0 saturated carbocycles. The van der Waals surface area contributed by atoms with Gasteiger partial charge in [0.15, 0.2) is 5.13 Å². The first-order chi connectivity index (χ1) is 7.33. The summed E-state index contributed by atoms with van der Waals surface area (Å²) in [5, 5.41) is 3.18. The van der Waals surface area contributed by atoms with E-state index >= 15 is 0 Å². The summed E-state index contributed by atoms with van der Waals surface area (Å²) in [5.41, 5.74) is 0.995. The van der Waals surface area contributed by atoms with Crippen LogP contribution in [0.5, 0.6) is 0 Å². The van der Waals surface area contributed by atoms with Gasteiger partial charge in [-0.25, -0.2) is 4.98 Å². The van der Waals surface area contributed by atoms with E-state index in [9.17, 15) is 0 Å². The lowest BCUT2D eigenvalue weighted by atomic mass is 10.3. The van der Waals surface area contributed by atoms with Crippen molar-refractivity contribution in [2.45, 2.75) is 12.8 Å². The Bertz CT molecular complexity index is 307. The Morgan fingerprint density at radius 2 is 2.13 bits per heavy atom. The molecule has 0 unspecified atom stereocenters. The molecule has 0 aromatic carbocycles. The molecule has 0 aliphatic carbocycles. The topological polar surface area (TPSA) is 19.4 Å². The van der Waals surface area contributed by atoms with Crippen LogP contribution in [0.1, 0.15) is 12.6 Å². The molecular formula is C10H16ClN3S. The van der Waals surface area contributed by atoms with E-state index in [4.69, 9.17) is 11.6 Å². The fourth-order valence-electron chi connectivity index (χ4n) is 1.76. The monoisotopic (exact) mass is 245 g/mol. The van der Waals surface area contributed by atoms with Crippen molar-refractivity contribution in [1.29, 1.82) is 0 Å². The first kappa shape index (κ1) is 11.2. The molecule has 1 aliphatic heterocycles. The molecule has 1 aromatic rings. The Balaban J connectivity index is 1.95. The van der Waals surface area contributed by atoms with Crippen molar-refractivity contribution in [2.24, 2.45) is 0 Å². The van der Waals surface area contributed by atoms with Crippen LogP contribution in [0.15, 0.2) is 5.38 Å². The predicted octanol–water partition coefficient (Wildman–Crippen LogP) is 2.02. The molecule has 15 heavy (non-hydrogen) atoms. The van der Waals surface area contributed by atoms with Gasteiger partial charge in [0.05, 0.1) is 11.6 Å². The van der Waals surface area contributed by atoms with E-state index in [1.165, 1.54) is 0 Å². The van der Waals surface area contributed by atoms with E-state index < -0.39 is 0 Å². The third-order valence-electron chi connectivity index (χ3n) is 2.77. The summed E-state index contributed by atoms with van der Waals surface area (Å²) in [6.07, 6.45) is 0. The largest absolute Gasteiger partial charge is 0.346 e. The molecule has 0 radical (unpaired) electrons. The van der Waals surface area contributed by atoms with Crippen LogP contribution < -0.4 is 4.90 Å². The van der Waals surface area contributed by atoms with Gasteiger partial charge < -0.3 is 9.80 Å². The Labute approximate surface area is 99.7 Å². The molecule has 0 bridgehead atoms. The van der Waals surface area contributed by atoms with Crippen LogP contribution in [0.3, 0.4) is 0 Å². The number of aromatic nitrogens is 1. The molecule has 0 spiro atoms. The third kappa shape index (κ3) is 2.62. The Kier molecular flexibility index (Phi) is 3.83. The van der Waals surface area contributed by atoms with Gasteiger partial charge in [-0.15, -0.1) is 22.9 Å². The van der Waals surface area contributed by atoms with Gasteiger partial charge in [0.2, 0.25) is 0 Å². The van der Waals surface area contributed by atoms with Crippen molar-refractivity contribution in [3.8, 4) is 0 Å². The second-order valence-corrected chi connectivity index (χ2v) is 4.78. The van der Waals surface area contributed by atoms with Gasteiger partial charge in [-0.3, -0.25) is 0 Å². The van der Waals surface area contributed by atoms with Crippen molar-refractivity contribution < 1.29 is 0 Å². The van der Waals surface area contributed by atoms with Crippen molar-refractivity contribution in [2.75, 3.05) is 37.6 Å². The average Bonchev–Trinajstić information content (AvgIpc) is 2.78. The minimum atomic E-state index is 0.519. The summed E-state index contributed by atoms with van der Waals surface area (Å²) in [6.45, 7) is 7.83. The summed E-state index contributed by atoms with van der Waals surface area (Å²) >= 11 is 7.44. The van der Waals surface area contributed by atoms with E-state index in [1.807, 2.05) is 0 Å². The van der Waals surface area contributed by atoms with E-state index in [0.29, 0.717) is 5.88 Å². The summed E-state index contributed by atoms with van der Waals surface area (Å²) in [5.74, 6) is 0.519. The van der Waals surface area contributed by atoms with E-state index in [1.54, 1.807) is 11.3 Å². The van der Waals surface area contributed by atoms with Crippen LogP contribution >= 0.6 is 22.9 Å². The molecule has 1 aliphatic rings. The molecule has 0 N–H and O–H groups in total. The molecule has 0 amide bonds. The predicted molar refractivity (Wildman–Crippen MR) is 66.0 cm³/mol. The van der Waals surface area contributed by atoms with Gasteiger partial charge in [-0.1, -0.05) is 6.92 Å². The number of nitrogens with zero attached hydrogens (tertiary/aromatic N) is 3. The van der Waals surface area contributed by atoms with Crippen LogP contribution in [-0.4, -0.2) is 42.6 Å². The highest BCUT2D eigenvalue weighted by Gasteiger charge is 2.17. The quantitative estimate of drug-likeness (QED) is 0.760. The number of rotatable bonds is 3. The summed E-state index contributed by atoms with van der Waals surface area (Å²) in [6, 6.07) is 0. The average molecular weight is 246 g/mol. The van der Waals surface area contributed by atoms with Crippen LogP contribution in [0, 0.1) is 0 Å². The highest BCUT2D eigenvalue weighted by atomic mass is 35.5. The molecule has 2 heterocycles. The van der Waals surface area contributed by atoms with Crippen LogP contribution in [0.4, 0.5) is 5.13 Å². The Morgan fingerprint density at radius 3 is 2.67 bits per heavy atom. The summed E-state index contributed by atoms with van der Waals surface area (Å²) in [7, 11) is 0. The molecule has 1 fully saturated rings. The molecule has 1 aromatic heterocycles. The summed E-state index contributed by atoms with van der Waals surface area (Å²) in [4.78, 5) is 9.32. The van der Waals surface area contributed by atoms with Crippen LogP contribution in [-0.2, 0) is 5.88 Å². The standard InChI is InChI=1S/C10H16ClN3S/c1-2-13-3-5-14(6-4-13)10-12-9(7-11)8-15-10/h8H,2-7H2,1H3. The molecule has 84 valence electrons. The number of halogens is 1. The van der Waals surface area contributed by atoms with Crippen LogP contribution in [0.25, 0.3) is 0 Å². The van der Waals surface area contributed by atoms with Crippen molar-refractivity contribution in [3.63, 3.8) is 0 Å². The molecular weight excluding hydrogens is 230 g/mol. The highest BCUT2D eigenvalue weighted by molar-refractivity contribution is 7.13. The fourth-order valence-corrected chi connectivity index (χ4v) is 2.87. The highest BCUT2D eigenvalue weighted by Crippen LogP contribution is 2.22. The molecule has 3 nitrogen and oxygen atoms in total. The number of alkyl halides is 1. The number of anilines is 1. The minimum Gasteiger partial charge on any atom is -0.346 e. The van der Waals surface area contributed by atoms with Gasteiger partial charge in [0, 0.05) is 31.6 Å². The molecule has 0 atom stereocenters. The summed E-state index contributed by atoms with van der Waals surface area (Å²) < 4.78 is 0. The smallest absolute Gasteiger partial charge is 0.185 e. The number of hydrogen-bond donors (Lipinski definition) is 0. The maximum absolute atomic E-state index is 5.74. The SMILES string of the molecule is CCN1CCN(c2nc(CCl)cs2)CC1. The zero-order valence-corrected chi connectivity index (χ0v) is 10.5. The maximum atomic E-state index is 5.74. The normalized spacial score (nSPS) is 18.4. The molecule has 5 heteroatoms. The number of likely N-dealkylation sites (N-methyl/N-ethyl adjacent to an activating group) is 1. The number of piperazine rings is 1. The van der Waals surface area contributed by atoms with Crippen molar-refractivity contribution in [1.82, 2.24) is 9.88 Å². The molecule has 2 rings (SSSR count). The zero-order valence-electron chi connectivity index (χ0n) is 8.95. The van der Waals surface area contributed by atoms with E-state index in [0.717, 1.165) is 43.5 Å². The second-order valence-electron chi connectivity index (χ2n) is 3.68. The molecule has 1 saturated heterocycles. The fraction of sp³-hybridized carbons (Fsp3) is 0.700. The first-order valence-corrected chi connectivity index (χ1v) is 6.72. The number of hydrogen-bond acceptors (Lipinski definition) is 4. The first-order valence-electron chi connectivity index (χ1n) is 5.31. The lowest BCUT2D eigenvalue weighted by Gasteiger charge is -2.33. The third-order valence-corrected chi connectivity index (χ3v) is 3.99. The second kappa shape index (κ2) is 5.14. The zero-order chi connectivity index (χ0) is 10.7. The van der Waals surface area contributed by atoms with Crippen molar-refractivity contribution in [3.05, 3.63) is 11.1 Å². The van der Waals surface area contributed by atoms with E-state index in [-0.39, 0.29) is 0 Å². The lowest BCUT2D eigenvalue weighted by molar-refractivity contribution is 0.271. The Hall–Kier alpha value is -0.320. The Morgan fingerprint density at radius 1 is 1.40 bits per heavy atom. The van der Waals surface area contributed by atoms with Gasteiger partial charge in [0.25, 0.3) is 0 Å². The maximum Gasteiger partial charge on any atom is 0.185 e. The lowest BCUT2D eigenvalue weighted by Crippen LogP contribution is -2.46. The van der Waals surface area contributed by atoms with Crippen molar-refractivity contribution >= 4 is 28.1 Å². The van der Waals surface area contributed by atoms with Gasteiger partial charge in [0.1, 0.15) is 0 Å². The minimum absolute atomic E-state index is 0.519.